The molecule has 0 radical (unpaired) electrons. The SMILES string of the molecule is CC(=O)c1cc(C(O)C(O)C(N)=O)ccc1N. The molecule has 1 rings (SSSR count). The molecule has 0 spiro atoms. The van der Waals surface area contributed by atoms with Crippen LogP contribution in [-0.2, 0) is 4.79 Å². The number of rotatable bonds is 4. The Hall–Kier alpha value is -1.92. The number of carbonyl (C=O) groups excluding carboxylic acids is 2. The molecule has 6 nitrogen and oxygen atoms in total. The first-order valence-electron chi connectivity index (χ1n) is 4.90. The number of nitrogens with two attached hydrogens (primary N) is 2. The minimum Gasteiger partial charge on any atom is -0.398 e. The Bertz CT molecular complexity index is 459. The maximum atomic E-state index is 11.2. The number of benzene rings is 1. The summed E-state index contributed by atoms with van der Waals surface area (Å²) in [6.07, 6.45) is -3.20. The van der Waals surface area contributed by atoms with Crippen LogP contribution in [0.3, 0.4) is 0 Å². The number of ketones is 1. The molecule has 1 aromatic rings. The van der Waals surface area contributed by atoms with Gasteiger partial charge in [0.25, 0.3) is 0 Å². The third-order valence-electron chi connectivity index (χ3n) is 2.39. The van der Waals surface area contributed by atoms with Crippen LogP contribution < -0.4 is 11.5 Å². The van der Waals surface area contributed by atoms with Crippen molar-refractivity contribution in [1.29, 1.82) is 0 Å². The van der Waals surface area contributed by atoms with E-state index >= 15 is 0 Å². The third-order valence-corrected chi connectivity index (χ3v) is 2.39. The van der Waals surface area contributed by atoms with Gasteiger partial charge in [0.15, 0.2) is 11.9 Å². The Balaban J connectivity index is 3.11. The lowest BCUT2D eigenvalue weighted by Crippen LogP contribution is -2.33. The third kappa shape index (κ3) is 2.80. The number of anilines is 1. The zero-order valence-corrected chi connectivity index (χ0v) is 9.25. The molecule has 1 amide bonds. The zero-order valence-electron chi connectivity index (χ0n) is 9.25. The van der Waals surface area contributed by atoms with Crippen LogP contribution in [0.25, 0.3) is 0 Å². The summed E-state index contributed by atoms with van der Waals surface area (Å²) in [6.45, 7) is 1.33. The van der Waals surface area contributed by atoms with Gasteiger partial charge in [0.05, 0.1) is 0 Å². The first-order chi connectivity index (χ1) is 7.84. The highest BCUT2D eigenvalue weighted by molar-refractivity contribution is 5.99. The summed E-state index contributed by atoms with van der Waals surface area (Å²) >= 11 is 0. The molecule has 17 heavy (non-hydrogen) atoms. The molecule has 6 N–H and O–H groups in total. The molecule has 0 saturated heterocycles. The van der Waals surface area contributed by atoms with Gasteiger partial charge in [0.1, 0.15) is 6.10 Å². The van der Waals surface area contributed by atoms with E-state index in [2.05, 4.69) is 0 Å². The van der Waals surface area contributed by atoms with Crippen LogP contribution in [0.2, 0.25) is 0 Å². The van der Waals surface area contributed by atoms with Crippen molar-refractivity contribution in [1.82, 2.24) is 0 Å². The molecule has 0 aliphatic carbocycles. The molecule has 0 aliphatic rings. The number of carbonyl (C=O) groups is 2. The molecule has 92 valence electrons. The Labute approximate surface area is 97.8 Å². The van der Waals surface area contributed by atoms with Crippen LogP contribution in [-0.4, -0.2) is 28.0 Å². The summed E-state index contributed by atoms with van der Waals surface area (Å²) in [4.78, 5) is 21.9. The van der Waals surface area contributed by atoms with Crippen molar-refractivity contribution in [2.45, 2.75) is 19.1 Å². The van der Waals surface area contributed by atoms with Crippen LogP contribution in [0.15, 0.2) is 18.2 Å². The lowest BCUT2D eigenvalue weighted by atomic mass is 9.99. The van der Waals surface area contributed by atoms with E-state index in [0.29, 0.717) is 0 Å². The van der Waals surface area contributed by atoms with Crippen molar-refractivity contribution in [3.8, 4) is 0 Å². The fourth-order valence-electron chi connectivity index (χ4n) is 1.40. The zero-order chi connectivity index (χ0) is 13.2. The van der Waals surface area contributed by atoms with Crippen LogP contribution in [0.4, 0.5) is 5.69 Å². The van der Waals surface area contributed by atoms with E-state index in [9.17, 15) is 19.8 Å². The fraction of sp³-hybridized carbons (Fsp3) is 0.273. The molecule has 1 aromatic carbocycles. The molecular weight excluding hydrogens is 224 g/mol. The van der Waals surface area contributed by atoms with Gasteiger partial charge in [-0.2, -0.15) is 0 Å². The lowest BCUT2D eigenvalue weighted by molar-refractivity contribution is -0.131. The van der Waals surface area contributed by atoms with Gasteiger partial charge in [0.2, 0.25) is 5.91 Å². The highest BCUT2D eigenvalue weighted by Crippen LogP contribution is 2.22. The van der Waals surface area contributed by atoms with Gasteiger partial charge in [-0.15, -0.1) is 0 Å². The summed E-state index contributed by atoms with van der Waals surface area (Å²) in [5.74, 6) is -1.32. The molecule has 2 unspecified atom stereocenters. The Morgan fingerprint density at radius 3 is 2.35 bits per heavy atom. The van der Waals surface area contributed by atoms with E-state index in [1.807, 2.05) is 0 Å². The Kier molecular flexibility index (Phi) is 3.82. The number of amides is 1. The average Bonchev–Trinajstić information content (AvgIpc) is 2.27. The molecule has 0 fully saturated rings. The molecule has 0 aromatic heterocycles. The number of primary amides is 1. The van der Waals surface area contributed by atoms with E-state index in [1.54, 1.807) is 0 Å². The smallest absolute Gasteiger partial charge is 0.249 e. The van der Waals surface area contributed by atoms with Crippen molar-refractivity contribution >= 4 is 17.4 Å². The predicted octanol–water partition coefficient (Wildman–Crippen LogP) is -0.649. The summed E-state index contributed by atoms with van der Waals surface area (Å²) in [7, 11) is 0. The van der Waals surface area contributed by atoms with E-state index in [1.165, 1.54) is 25.1 Å². The second-order valence-electron chi connectivity index (χ2n) is 3.69. The quantitative estimate of drug-likeness (QED) is 0.409. The predicted molar refractivity (Wildman–Crippen MR) is 61.0 cm³/mol. The summed E-state index contributed by atoms with van der Waals surface area (Å²) in [5, 5.41) is 19.0. The minimum absolute atomic E-state index is 0.204. The van der Waals surface area contributed by atoms with Crippen LogP contribution in [0.1, 0.15) is 28.9 Å². The van der Waals surface area contributed by atoms with Gasteiger partial charge in [-0.05, 0) is 24.6 Å². The van der Waals surface area contributed by atoms with Gasteiger partial charge in [-0.3, -0.25) is 9.59 Å². The van der Waals surface area contributed by atoms with Gasteiger partial charge in [0, 0.05) is 11.3 Å². The Morgan fingerprint density at radius 2 is 1.88 bits per heavy atom. The molecule has 2 atom stereocenters. The van der Waals surface area contributed by atoms with Crippen molar-refractivity contribution in [2.24, 2.45) is 5.73 Å². The normalized spacial score (nSPS) is 14.1. The average molecular weight is 238 g/mol. The van der Waals surface area contributed by atoms with Gasteiger partial charge in [-0.25, -0.2) is 0 Å². The number of nitrogen functional groups attached to an aromatic ring is 1. The lowest BCUT2D eigenvalue weighted by Gasteiger charge is -2.16. The van der Waals surface area contributed by atoms with Crippen LogP contribution in [0.5, 0.6) is 0 Å². The monoisotopic (exact) mass is 238 g/mol. The first kappa shape index (κ1) is 13.1. The van der Waals surface area contributed by atoms with Crippen LogP contribution in [0, 0.1) is 0 Å². The molecule has 0 bridgehead atoms. The van der Waals surface area contributed by atoms with Crippen molar-refractivity contribution < 1.29 is 19.8 Å². The van der Waals surface area contributed by atoms with Crippen molar-refractivity contribution in [3.05, 3.63) is 29.3 Å². The maximum Gasteiger partial charge on any atom is 0.249 e. The molecule has 6 heteroatoms. The molecule has 0 aliphatic heterocycles. The summed E-state index contributed by atoms with van der Waals surface area (Å²) in [6, 6.07) is 4.16. The number of hydrogen-bond acceptors (Lipinski definition) is 5. The van der Waals surface area contributed by atoms with Gasteiger partial charge < -0.3 is 21.7 Å². The summed E-state index contributed by atoms with van der Waals surface area (Å²) < 4.78 is 0. The highest BCUT2D eigenvalue weighted by Gasteiger charge is 2.24. The number of hydrogen-bond donors (Lipinski definition) is 4. The topological polar surface area (TPSA) is 127 Å². The minimum atomic E-state index is -1.72. The van der Waals surface area contributed by atoms with E-state index in [-0.39, 0.29) is 22.6 Å². The molecular formula is C11H14N2O4. The summed E-state index contributed by atoms with van der Waals surface area (Å²) in [5.41, 5.74) is 11.1. The Morgan fingerprint density at radius 1 is 1.29 bits per heavy atom. The number of aliphatic hydroxyl groups is 2. The second kappa shape index (κ2) is 4.94. The molecule has 0 heterocycles. The fourth-order valence-corrected chi connectivity index (χ4v) is 1.40. The second-order valence-corrected chi connectivity index (χ2v) is 3.69. The first-order valence-corrected chi connectivity index (χ1v) is 4.90. The number of aliphatic hydroxyl groups excluding tert-OH is 2. The van der Waals surface area contributed by atoms with Crippen molar-refractivity contribution in [2.75, 3.05) is 5.73 Å². The van der Waals surface area contributed by atoms with E-state index < -0.39 is 18.1 Å². The van der Waals surface area contributed by atoms with E-state index in [4.69, 9.17) is 11.5 Å². The number of Topliss-reactive ketones (excluding diaryl/α,β-unsaturated/α-hetero) is 1. The van der Waals surface area contributed by atoms with E-state index in [0.717, 1.165) is 0 Å². The van der Waals surface area contributed by atoms with Crippen molar-refractivity contribution in [3.63, 3.8) is 0 Å². The van der Waals surface area contributed by atoms with Crippen LogP contribution >= 0.6 is 0 Å². The highest BCUT2D eigenvalue weighted by atomic mass is 16.3. The maximum absolute atomic E-state index is 11.2. The molecule has 0 saturated carbocycles. The largest absolute Gasteiger partial charge is 0.398 e. The van der Waals surface area contributed by atoms with Gasteiger partial charge in [-0.1, -0.05) is 6.07 Å². The standard InChI is InChI=1S/C11H14N2O4/c1-5(14)7-4-6(2-3-8(7)12)9(15)10(16)11(13)17/h2-4,9-10,15-16H,12H2,1H3,(H2,13,17). The van der Waals surface area contributed by atoms with Gasteiger partial charge >= 0.3 is 0 Å².